The van der Waals surface area contributed by atoms with Crippen molar-refractivity contribution >= 4 is 22.4 Å². The van der Waals surface area contributed by atoms with Gasteiger partial charge in [-0.2, -0.15) is 0 Å². The standard InChI is InChI=1S/C12H13N5S/c1-7-15-9-3-2-8(4-10(9)16-7)11-6-18-12(17-11)5-14-13/h2-4,6,14H,5,13H2,1H3,(H,15,16). The molecule has 0 saturated carbocycles. The first-order valence-corrected chi connectivity index (χ1v) is 6.49. The number of hydrogen-bond donors (Lipinski definition) is 3. The van der Waals surface area contributed by atoms with Crippen LogP contribution >= 0.6 is 11.3 Å². The number of nitrogens with zero attached hydrogens (tertiary/aromatic N) is 2. The highest BCUT2D eigenvalue weighted by Crippen LogP contribution is 2.24. The van der Waals surface area contributed by atoms with Gasteiger partial charge in [0.1, 0.15) is 10.8 Å². The third-order valence-electron chi connectivity index (χ3n) is 2.70. The molecule has 92 valence electrons. The molecule has 18 heavy (non-hydrogen) atoms. The van der Waals surface area contributed by atoms with Crippen molar-refractivity contribution in [1.82, 2.24) is 20.4 Å². The van der Waals surface area contributed by atoms with Gasteiger partial charge in [0.25, 0.3) is 0 Å². The summed E-state index contributed by atoms with van der Waals surface area (Å²) in [5.41, 5.74) is 6.69. The molecule has 0 aliphatic rings. The minimum Gasteiger partial charge on any atom is -0.342 e. The van der Waals surface area contributed by atoms with E-state index in [4.69, 9.17) is 5.84 Å². The van der Waals surface area contributed by atoms with Crippen LogP contribution < -0.4 is 11.3 Å². The van der Waals surface area contributed by atoms with Crippen LogP contribution in [0.2, 0.25) is 0 Å². The van der Waals surface area contributed by atoms with Crippen molar-refractivity contribution in [2.24, 2.45) is 5.84 Å². The number of aromatic nitrogens is 3. The number of thiazole rings is 1. The van der Waals surface area contributed by atoms with Gasteiger partial charge in [0.05, 0.1) is 23.3 Å². The van der Waals surface area contributed by atoms with Gasteiger partial charge in [0.2, 0.25) is 0 Å². The number of aromatic amines is 1. The van der Waals surface area contributed by atoms with E-state index in [0.717, 1.165) is 33.1 Å². The molecular weight excluding hydrogens is 246 g/mol. The lowest BCUT2D eigenvalue weighted by molar-refractivity contribution is 0.737. The Hall–Kier alpha value is -1.76. The summed E-state index contributed by atoms with van der Waals surface area (Å²) in [5.74, 6) is 6.21. The zero-order valence-corrected chi connectivity index (χ0v) is 10.7. The minimum absolute atomic E-state index is 0.593. The second-order valence-corrected chi connectivity index (χ2v) is 5.00. The van der Waals surface area contributed by atoms with Crippen molar-refractivity contribution in [2.45, 2.75) is 13.5 Å². The van der Waals surface area contributed by atoms with Crippen molar-refractivity contribution in [3.05, 3.63) is 34.4 Å². The molecule has 3 rings (SSSR count). The SMILES string of the molecule is Cc1nc2ccc(-c3csc(CNN)n3)cc2[nH]1. The third kappa shape index (κ3) is 2.01. The number of fused-ring (bicyclic) bond motifs is 1. The number of rotatable bonds is 3. The van der Waals surface area contributed by atoms with Gasteiger partial charge in [-0.25, -0.2) is 9.97 Å². The Labute approximate surface area is 108 Å². The average Bonchev–Trinajstić information content (AvgIpc) is 2.93. The molecule has 0 atom stereocenters. The molecule has 6 heteroatoms. The van der Waals surface area contributed by atoms with E-state index < -0.39 is 0 Å². The summed E-state index contributed by atoms with van der Waals surface area (Å²) in [4.78, 5) is 12.1. The molecule has 5 nitrogen and oxygen atoms in total. The van der Waals surface area contributed by atoms with Crippen LogP contribution in [0.15, 0.2) is 23.6 Å². The van der Waals surface area contributed by atoms with E-state index in [0.29, 0.717) is 6.54 Å². The first-order chi connectivity index (χ1) is 8.76. The maximum absolute atomic E-state index is 5.29. The number of nitrogens with two attached hydrogens (primary N) is 1. The summed E-state index contributed by atoms with van der Waals surface area (Å²) in [5, 5.41) is 3.02. The van der Waals surface area contributed by atoms with Gasteiger partial charge in [0, 0.05) is 10.9 Å². The predicted octanol–water partition coefficient (Wildman–Crippen LogP) is 1.96. The van der Waals surface area contributed by atoms with Crippen LogP contribution in [-0.2, 0) is 6.54 Å². The number of H-pyrrole nitrogens is 1. The van der Waals surface area contributed by atoms with Crippen LogP contribution in [0.5, 0.6) is 0 Å². The first kappa shape index (κ1) is 11.3. The van der Waals surface area contributed by atoms with Crippen molar-refractivity contribution in [1.29, 1.82) is 0 Å². The summed E-state index contributed by atoms with van der Waals surface area (Å²) >= 11 is 1.60. The molecule has 0 aliphatic heterocycles. The Morgan fingerprint density at radius 3 is 3.11 bits per heavy atom. The second-order valence-electron chi connectivity index (χ2n) is 4.06. The average molecular weight is 259 g/mol. The fourth-order valence-electron chi connectivity index (χ4n) is 1.91. The summed E-state index contributed by atoms with van der Waals surface area (Å²) < 4.78 is 0. The molecule has 0 amide bonds. The highest BCUT2D eigenvalue weighted by molar-refractivity contribution is 7.09. The van der Waals surface area contributed by atoms with Crippen LogP contribution in [-0.4, -0.2) is 15.0 Å². The van der Waals surface area contributed by atoms with Crippen LogP contribution in [0.3, 0.4) is 0 Å². The van der Waals surface area contributed by atoms with Gasteiger partial charge in [-0.05, 0) is 19.1 Å². The Morgan fingerprint density at radius 1 is 1.39 bits per heavy atom. The molecule has 2 heterocycles. The topological polar surface area (TPSA) is 79.6 Å². The van der Waals surface area contributed by atoms with Crippen LogP contribution in [0, 0.1) is 6.92 Å². The van der Waals surface area contributed by atoms with Gasteiger partial charge >= 0.3 is 0 Å². The van der Waals surface area contributed by atoms with Crippen molar-refractivity contribution in [2.75, 3.05) is 0 Å². The quantitative estimate of drug-likeness (QED) is 0.496. The zero-order valence-electron chi connectivity index (χ0n) is 9.90. The highest BCUT2D eigenvalue weighted by atomic mass is 32.1. The zero-order chi connectivity index (χ0) is 12.5. The van der Waals surface area contributed by atoms with E-state index in [1.807, 2.05) is 24.4 Å². The molecule has 2 aromatic heterocycles. The number of hydrogen-bond acceptors (Lipinski definition) is 5. The smallest absolute Gasteiger partial charge is 0.108 e. The van der Waals surface area contributed by atoms with Crippen LogP contribution in [0.4, 0.5) is 0 Å². The fourth-order valence-corrected chi connectivity index (χ4v) is 2.66. The first-order valence-electron chi connectivity index (χ1n) is 5.61. The van der Waals surface area contributed by atoms with Crippen molar-refractivity contribution < 1.29 is 0 Å². The largest absolute Gasteiger partial charge is 0.342 e. The van der Waals surface area contributed by atoms with E-state index in [9.17, 15) is 0 Å². The molecule has 0 unspecified atom stereocenters. The molecule has 0 fully saturated rings. The summed E-state index contributed by atoms with van der Waals surface area (Å²) in [7, 11) is 0. The molecule has 0 radical (unpaired) electrons. The monoisotopic (exact) mass is 259 g/mol. The van der Waals surface area contributed by atoms with Crippen molar-refractivity contribution in [3.8, 4) is 11.3 Å². The van der Waals surface area contributed by atoms with E-state index in [2.05, 4.69) is 26.4 Å². The number of aryl methyl sites for hydroxylation is 1. The van der Waals surface area contributed by atoms with Gasteiger partial charge in [0.15, 0.2) is 0 Å². The van der Waals surface area contributed by atoms with E-state index in [-0.39, 0.29) is 0 Å². The molecule has 4 N–H and O–H groups in total. The van der Waals surface area contributed by atoms with Gasteiger partial charge in [-0.3, -0.25) is 11.3 Å². The number of imidazole rings is 1. The summed E-state index contributed by atoms with van der Waals surface area (Å²) in [6.07, 6.45) is 0. The fraction of sp³-hybridized carbons (Fsp3) is 0.167. The second kappa shape index (κ2) is 4.49. The van der Waals surface area contributed by atoms with Gasteiger partial charge < -0.3 is 4.98 Å². The lowest BCUT2D eigenvalue weighted by Crippen LogP contribution is -2.20. The maximum atomic E-state index is 5.29. The Kier molecular flexibility index (Phi) is 2.83. The Balaban J connectivity index is 2.01. The lowest BCUT2D eigenvalue weighted by atomic mass is 10.1. The summed E-state index contributed by atoms with van der Waals surface area (Å²) in [6.45, 7) is 2.55. The van der Waals surface area contributed by atoms with Gasteiger partial charge in [-0.1, -0.05) is 6.07 Å². The molecule has 0 saturated heterocycles. The number of benzene rings is 1. The van der Waals surface area contributed by atoms with Crippen LogP contribution in [0.1, 0.15) is 10.8 Å². The molecule has 0 bridgehead atoms. The van der Waals surface area contributed by atoms with E-state index >= 15 is 0 Å². The number of hydrazine groups is 1. The van der Waals surface area contributed by atoms with Crippen molar-refractivity contribution in [3.63, 3.8) is 0 Å². The molecule has 0 aliphatic carbocycles. The van der Waals surface area contributed by atoms with Gasteiger partial charge in [-0.15, -0.1) is 11.3 Å². The van der Waals surface area contributed by atoms with E-state index in [1.54, 1.807) is 11.3 Å². The number of nitrogens with one attached hydrogen (secondary N) is 2. The highest BCUT2D eigenvalue weighted by Gasteiger charge is 2.06. The molecule has 3 aromatic rings. The predicted molar refractivity (Wildman–Crippen MR) is 73.0 cm³/mol. The Morgan fingerprint density at radius 2 is 2.28 bits per heavy atom. The molecule has 1 aromatic carbocycles. The van der Waals surface area contributed by atoms with E-state index in [1.165, 1.54) is 0 Å². The summed E-state index contributed by atoms with van der Waals surface area (Å²) in [6, 6.07) is 6.12. The maximum Gasteiger partial charge on any atom is 0.108 e. The lowest BCUT2D eigenvalue weighted by Gasteiger charge is -1.96. The Bertz CT molecular complexity index is 685. The molecule has 0 spiro atoms. The minimum atomic E-state index is 0.593. The van der Waals surface area contributed by atoms with Crippen LogP contribution in [0.25, 0.3) is 22.3 Å². The molecular formula is C12H13N5S. The normalized spacial score (nSPS) is 11.2. The third-order valence-corrected chi connectivity index (χ3v) is 3.55.